The molecule has 2 heterocycles. The Morgan fingerprint density at radius 1 is 1.20 bits per heavy atom. The smallest absolute Gasteiger partial charge is 0.227 e. The number of hydrogen-bond acceptors (Lipinski definition) is 4. The highest BCUT2D eigenvalue weighted by Gasteiger charge is 2.35. The van der Waals surface area contributed by atoms with Gasteiger partial charge in [0.05, 0.1) is 18.0 Å². The van der Waals surface area contributed by atoms with Gasteiger partial charge in [-0.1, -0.05) is 22.9 Å². The van der Waals surface area contributed by atoms with Gasteiger partial charge in [0.15, 0.2) is 5.76 Å². The Balaban J connectivity index is 1.37. The van der Waals surface area contributed by atoms with Gasteiger partial charge in [0, 0.05) is 30.8 Å². The minimum atomic E-state index is -0.762. The molecular formula is C22H19F2N3O3. The first-order chi connectivity index (χ1) is 14.4. The van der Waals surface area contributed by atoms with Crippen LogP contribution in [0.15, 0.2) is 53.1 Å². The standard InChI is InChI=1S/C22H19F2N3O3/c1-13-2-5-17(6-3-13)27-12-14(8-21(27)28)22(29)25-11-16-10-20(30-26-16)18-7-4-15(23)9-19(18)24/h2-7,9-10,14H,8,11-12H2,1H3,(H,25,29). The van der Waals surface area contributed by atoms with Gasteiger partial charge in [-0.15, -0.1) is 0 Å². The van der Waals surface area contributed by atoms with Gasteiger partial charge in [-0.3, -0.25) is 9.59 Å². The van der Waals surface area contributed by atoms with Crippen molar-refractivity contribution in [1.82, 2.24) is 10.5 Å². The van der Waals surface area contributed by atoms with Crippen LogP contribution in [-0.2, 0) is 16.1 Å². The largest absolute Gasteiger partial charge is 0.356 e. The fourth-order valence-corrected chi connectivity index (χ4v) is 3.39. The number of carbonyl (C=O) groups excluding carboxylic acids is 2. The van der Waals surface area contributed by atoms with Gasteiger partial charge in [-0.2, -0.15) is 0 Å². The molecule has 0 bridgehead atoms. The van der Waals surface area contributed by atoms with Crippen molar-refractivity contribution in [3.8, 4) is 11.3 Å². The Hall–Kier alpha value is -3.55. The zero-order chi connectivity index (χ0) is 21.3. The second kappa shape index (κ2) is 8.06. The first-order valence-corrected chi connectivity index (χ1v) is 9.46. The Morgan fingerprint density at radius 3 is 2.70 bits per heavy atom. The zero-order valence-electron chi connectivity index (χ0n) is 16.2. The van der Waals surface area contributed by atoms with Gasteiger partial charge < -0.3 is 14.7 Å². The highest BCUT2D eigenvalue weighted by atomic mass is 19.1. The second-order valence-corrected chi connectivity index (χ2v) is 7.27. The number of anilines is 1. The lowest BCUT2D eigenvalue weighted by Gasteiger charge is -2.16. The van der Waals surface area contributed by atoms with Crippen LogP contribution in [0.25, 0.3) is 11.3 Å². The zero-order valence-corrected chi connectivity index (χ0v) is 16.2. The van der Waals surface area contributed by atoms with Crippen molar-refractivity contribution in [1.29, 1.82) is 0 Å². The van der Waals surface area contributed by atoms with Crippen molar-refractivity contribution in [2.24, 2.45) is 5.92 Å². The lowest BCUT2D eigenvalue weighted by molar-refractivity contribution is -0.126. The van der Waals surface area contributed by atoms with Crippen molar-refractivity contribution in [3.05, 3.63) is 71.4 Å². The molecule has 0 saturated carbocycles. The predicted octanol–water partition coefficient (Wildman–Crippen LogP) is 3.60. The maximum atomic E-state index is 13.9. The number of halogens is 2. The normalized spacial score (nSPS) is 16.2. The maximum Gasteiger partial charge on any atom is 0.227 e. The summed E-state index contributed by atoms with van der Waals surface area (Å²) in [7, 11) is 0. The van der Waals surface area contributed by atoms with E-state index in [0.717, 1.165) is 23.4 Å². The predicted molar refractivity (Wildman–Crippen MR) is 105 cm³/mol. The summed E-state index contributed by atoms with van der Waals surface area (Å²) in [5, 5.41) is 6.55. The van der Waals surface area contributed by atoms with Crippen LogP contribution in [0.3, 0.4) is 0 Å². The highest BCUT2D eigenvalue weighted by molar-refractivity contribution is 6.00. The van der Waals surface area contributed by atoms with Crippen molar-refractivity contribution < 1.29 is 22.9 Å². The highest BCUT2D eigenvalue weighted by Crippen LogP contribution is 2.26. The van der Waals surface area contributed by atoms with Gasteiger partial charge in [0.1, 0.15) is 17.3 Å². The van der Waals surface area contributed by atoms with Gasteiger partial charge in [-0.25, -0.2) is 8.78 Å². The van der Waals surface area contributed by atoms with Crippen molar-refractivity contribution >= 4 is 17.5 Å². The van der Waals surface area contributed by atoms with Gasteiger partial charge >= 0.3 is 0 Å². The molecule has 1 fully saturated rings. The SMILES string of the molecule is Cc1ccc(N2CC(C(=O)NCc3cc(-c4ccc(F)cc4F)on3)CC2=O)cc1. The van der Waals surface area contributed by atoms with E-state index in [9.17, 15) is 18.4 Å². The first kappa shape index (κ1) is 19.8. The van der Waals surface area contributed by atoms with E-state index in [2.05, 4.69) is 10.5 Å². The molecule has 1 aromatic heterocycles. The third-order valence-corrected chi connectivity index (χ3v) is 5.04. The molecule has 1 unspecified atom stereocenters. The van der Waals surface area contributed by atoms with Gasteiger partial charge in [0.25, 0.3) is 0 Å². The number of aromatic nitrogens is 1. The monoisotopic (exact) mass is 411 g/mol. The fourth-order valence-electron chi connectivity index (χ4n) is 3.39. The molecule has 2 amide bonds. The number of rotatable bonds is 5. The average molecular weight is 411 g/mol. The molecule has 1 aliphatic heterocycles. The summed E-state index contributed by atoms with van der Waals surface area (Å²) in [6.07, 6.45) is 0.130. The van der Waals surface area contributed by atoms with Crippen LogP contribution in [0.1, 0.15) is 17.7 Å². The number of nitrogens with zero attached hydrogens (tertiary/aromatic N) is 2. The lowest BCUT2D eigenvalue weighted by atomic mass is 10.1. The maximum absolute atomic E-state index is 13.9. The Morgan fingerprint density at radius 2 is 1.97 bits per heavy atom. The minimum Gasteiger partial charge on any atom is -0.356 e. The van der Waals surface area contributed by atoms with Gasteiger partial charge in [0.2, 0.25) is 11.8 Å². The summed E-state index contributed by atoms with van der Waals surface area (Å²) in [6.45, 7) is 2.34. The number of amides is 2. The molecule has 154 valence electrons. The Bertz CT molecular complexity index is 1100. The molecule has 2 aromatic carbocycles. The van der Waals surface area contributed by atoms with E-state index in [-0.39, 0.29) is 36.1 Å². The molecule has 1 aliphatic rings. The first-order valence-electron chi connectivity index (χ1n) is 9.46. The Kier molecular flexibility index (Phi) is 5.31. The van der Waals surface area contributed by atoms with Crippen LogP contribution in [0.5, 0.6) is 0 Å². The van der Waals surface area contributed by atoms with Crippen LogP contribution in [0, 0.1) is 24.5 Å². The summed E-state index contributed by atoms with van der Waals surface area (Å²) < 4.78 is 32.0. The molecular weight excluding hydrogens is 392 g/mol. The second-order valence-electron chi connectivity index (χ2n) is 7.27. The van der Waals surface area contributed by atoms with Crippen molar-refractivity contribution in [3.63, 3.8) is 0 Å². The number of aryl methyl sites for hydroxylation is 1. The number of carbonyl (C=O) groups is 2. The van der Waals surface area contributed by atoms with E-state index < -0.39 is 17.6 Å². The van der Waals surface area contributed by atoms with Crippen LogP contribution in [0.4, 0.5) is 14.5 Å². The summed E-state index contributed by atoms with van der Waals surface area (Å²) >= 11 is 0. The van der Waals surface area contributed by atoms with Crippen LogP contribution >= 0.6 is 0 Å². The van der Waals surface area contributed by atoms with E-state index >= 15 is 0 Å². The van der Waals surface area contributed by atoms with E-state index in [0.29, 0.717) is 12.2 Å². The third-order valence-electron chi connectivity index (χ3n) is 5.04. The van der Waals surface area contributed by atoms with Crippen LogP contribution < -0.4 is 10.2 Å². The van der Waals surface area contributed by atoms with Crippen LogP contribution in [0.2, 0.25) is 0 Å². The van der Waals surface area contributed by atoms with E-state index in [1.54, 1.807) is 4.90 Å². The topological polar surface area (TPSA) is 75.4 Å². The number of benzene rings is 2. The fraction of sp³-hybridized carbons (Fsp3) is 0.227. The lowest BCUT2D eigenvalue weighted by Crippen LogP contribution is -2.32. The molecule has 30 heavy (non-hydrogen) atoms. The number of nitrogens with one attached hydrogen (secondary N) is 1. The quantitative estimate of drug-likeness (QED) is 0.696. The van der Waals surface area contributed by atoms with Gasteiger partial charge in [-0.05, 0) is 31.2 Å². The van der Waals surface area contributed by atoms with Crippen molar-refractivity contribution in [2.75, 3.05) is 11.4 Å². The summed E-state index contributed by atoms with van der Waals surface area (Å²) in [5.74, 6) is -2.15. The molecule has 1 saturated heterocycles. The Labute approximate surface area is 171 Å². The van der Waals surface area contributed by atoms with E-state index in [1.165, 1.54) is 12.1 Å². The molecule has 0 radical (unpaired) electrons. The molecule has 1 atom stereocenters. The third kappa shape index (κ3) is 4.07. The summed E-state index contributed by atoms with van der Waals surface area (Å²) in [6, 6.07) is 12.2. The van der Waals surface area contributed by atoms with E-state index in [4.69, 9.17) is 4.52 Å². The summed E-state index contributed by atoms with van der Waals surface area (Å²) in [5.41, 5.74) is 2.33. The van der Waals surface area contributed by atoms with E-state index in [1.807, 2.05) is 31.2 Å². The molecule has 6 nitrogen and oxygen atoms in total. The molecule has 0 aliphatic carbocycles. The minimum absolute atomic E-state index is 0.0698. The average Bonchev–Trinajstić information content (AvgIpc) is 3.34. The molecule has 3 aromatic rings. The molecule has 1 N–H and O–H groups in total. The van der Waals surface area contributed by atoms with Crippen molar-refractivity contribution in [2.45, 2.75) is 19.9 Å². The number of hydrogen-bond donors (Lipinski definition) is 1. The molecule has 8 heteroatoms. The summed E-state index contributed by atoms with van der Waals surface area (Å²) in [4.78, 5) is 26.4. The molecule has 0 spiro atoms. The molecule has 4 rings (SSSR count). The van der Waals surface area contributed by atoms with Crippen LogP contribution in [-0.4, -0.2) is 23.5 Å².